The zero-order valence-corrected chi connectivity index (χ0v) is 18.0. The first kappa shape index (κ1) is 20.1. The first-order chi connectivity index (χ1) is 13.8. The van der Waals surface area contributed by atoms with Crippen LogP contribution in [0.4, 0.5) is 5.69 Å². The number of piperidine rings is 1. The molecule has 1 fully saturated rings. The third-order valence-corrected chi connectivity index (χ3v) is 8.07. The van der Waals surface area contributed by atoms with Gasteiger partial charge in [0.15, 0.2) is 5.03 Å². The van der Waals surface area contributed by atoms with E-state index >= 15 is 0 Å². The number of hydrogen-bond donors (Lipinski definition) is 0. The Bertz CT molecular complexity index is 1000. The molecule has 29 heavy (non-hydrogen) atoms. The van der Waals surface area contributed by atoms with Crippen molar-refractivity contribution in [1.29, 1.82) is 0 Å². The van der Waals surface area contributed by atoms with Crippen LogP contribution in [0.3, 0.4) is 0 Å². The molecule has 7 nitrogen and oxygen atoms in total. The molecule has 2 aromatic rings. The quantitative estimate of drug-likeness (QED) is 0.771. The molecule has 4 rings (SSSR count). The minimum Gasteiger partial charge on any atom is -0.337 e. The second-order valence-electron chi connectivity index (χ2n) is 8.15. The average Bonchev–Trinajstić information content (AvgIpc) is 3.07. The van der Waals surface area contributed by atoms with Crippen molar-refractivity contribution in [2.24, 2.45) is 13.0 Å². The molecule has 3 heterocycles. The van der Waals surface area contributed by atoms with Crippen LogP contribution in [0.2, 0.25) is 0 Å². The van der Waals surface area contributed by atoms with Crippen molar-refractivity contribution in [2.75, 3.05) is 24.5 Å². The lowest BCUT2D eigenvalue weighted by Crippen LogP contribution is -2.46. The lowest BCUT2D eigenvalue weighted by molar-refractivity contribution is -0.123. The van der Waals surface area contributed by atoms with E-state index in [-0.39, 0.29) is 16.9 Å². The summed E-state index contributed by atoms with van der Waals surface area (Å²) in [7, 11) is -1.84. The summed E-state index contributed by atoms with van der Waals surface area (Å²) in [5.74, 6) is 1.08. The van der Waals surface area contributed by atoms with E-state index in [2.05, 4.69) is 18.0 Å². The molecule has 1 aromatic carbocycles. The number of carbonyl (C=O) groups is 1. The molecule has 0 aliphatic carbocycles. The highest BCUT2D eigenvalue weighted by atomic mass is 32.2. The summed E-state index contributed by atoms with van der Waals surface area (Å²) >= 11 is 0. The molecule has 2 aliphatic heterocycles. The fourth-order valence-corrected chi connectivity index (χ4v) is 5.82. The van der Waals surface area contributed by atoms with E-state index in [9.17, 15) is 13.2 Å². The number of aryl methyl sites for hydroxylation is 2. The summed E-state index contributed by atoms with van der Waals surface area (Å²) in [5, 5.41) is 0.0845. The maximum absolute atomic E-state index is 13.2. The van der Waals surface area contributed by atoms with E-state index in [4.69, 9.17) is 0 Å². The van der Waals surface area contributed by atoms with Gasteiger partial charge in [-0.25, -0.2) is 13.4 Å². The van der Waals surface area contributed by atoms with E-state index in [1.807, 2.05) is 23.1 Å². The Balaban J connectivity index is 1.46. The van der Waals surface area contributed by atoms with Gasteiger partial charge in [0.05, 0.1) is 0 Å². The van der Waals surface area contributed by atoms with Crippen LogP contribution in [0.5, 0.6) is 0 Å². The lowest BCUT2D eigenvalue weighted by Gasteiger charge is -2.37. The molecule has 1 aromatic heterocycles. The summed E-state index contributed by atoms with van der Waals surface area (Å²) in [6.45, 7) is 5.40. The summed E-state index contributed by atoms with van der Waals surface area (Å²) in [6, 6.07) is 8.11. The fourth-order valence-electron chi connectivity index (χ4n) is 4.32. The van der Waals surface area contributed by atoms with Crippen LogP contribution in [0.15, 0.2) is 35.5 Å². The Morgan fingerprint density at radius 1 is 1.10 bits per heavy atom. The van der Waals surface area contributed by atoms with Crippen molar-refractivity contribution >= 4 is 21.6 Å². The standard InChI is InChI=1S/C21H28N4O3S/c1-15-8-13-25(19-7-5-4-6-18(15)19)21(26)17-9-11-24(12-10-17)29(27,28)20-14-23(3)16(2)22-20/h4-7,14-15,17H,8-13H2,1-3H3. The summed E-state index contributed by atoms with van der Waals surface area (Å²) in [4.78, 5) is 19.3. The summed E-state index contributed by atoms with van der Waals surface area (Å²) in [6.07, 6.45) is 3.58. The van der Waals surface area contributed by atoms with Crippen molar-refractivity contribution in [3.63, 3.8) is 0 Å². The van der Waals surface area contributed by atoms with Crippen LogP contribution in [-0.2, 0) is 21.9 Å². The number of amides is 1. The van der Waals surface area contributed by atoms with Crippen LogP contribution in [0.1, 0.15) is 43.5 Å². The zero-order chi connectivity index (χ0) is 20.8. The molecular weight excluding hydrogens is 388 g/mol. The first-order valence-electron chi connectivity index (χ1n) is 10.2. The highest BCUT2D eigenvalue weighted by molar-refractivity contribution is 7.89. The van der Waals surface area contributed by atoms with Crippen LogP contribution >= 0.6 is 0 Å². The van der Waals surface area contributed by atoms with Crippen LogP contribution < -0.4 is 4.90 Å². The van der Waals surface area contributed by atoms with Gasteiger partial charge in [-0.2, -0.15) is 4.31 Å². The molecule has 2 aliphatic rings. The largest absolute Gasteiger partial charge is 0.337 e. The Labute approximate surface area is 172 Å². The number of sulfonamides is 1. The second kappa shape index (κ2) is 7.57. The minimum absolute atomic E-state index is 0.0845. The van der Waals surface area contributed by atoms with Gasteiger partial charge in [-0.15, -0.1) is 0 Å². The highest BCUT2D eigenvalue weighted by Crippen LogP contribution is 2.36. The number of fused-ring (bicyclic) bond motifs is 1. The number of benzene rings is 1. The predicted molar refractivity (Wildman–Crippen MR) is 111 cm³/mol. The molecule has 0 radical (unpaired) electrons. The highest BCUT2D eigenvalue weighted by Gasteiger charge is 2.36. The van der Waals surface area contributed by atoms with E-state index in [0.29, 0.717) is 37.7 Å². The smallest absolute Gasteiger partial charge is 0.262 e. The Morgan fingerprint density at radius 2 is 1.79 bits per heavy atom. The van der Waals surface area contributed by atoms with Crippen molar-refractivity contribution in [2.45, 2.75) is 44.1 Å². The maximum atomic E-state index is 13.2. The van der Waals surface area contributed by atoms with Gasteiger partial charge in [-0.1, -0.05) is 25.1 Å². The van der Waals surface area contributed by atoms with Crippen LogP contribution in [0.25, 0.3) is 0 Å². The van der Waals surface area contributed by atoms with Gasteiger partial charge < -0.3 is 9.47 Å². The molecule has 0 N–H and O–H groups in total. The van der Waals surface area contributed by atoms with Gasteiger partial charge >= 0.3 is 0 Å². The predicted octanol–water partition coefficient (Wildman–Crippen LogP) is 2.67. The molecule has 156 valence electrons. The summed E-state index contributed by atoms with van der Waals surface area (Å²) in [5.41, 5.74) is 2.23. The van der Waals surface area contributed by atoms with E-state index in [1.165, 1.54) is 9.87 Å². The summed E-state index contributed by atoms with van der Waals surface area (Å²) < 4.78 is 28.9. The molecule has 1 unspecified atom stereocenters. The van der Waals surface area contributed by atoms with E-state index in [0.717, 1.165) is 18.7 Å². The third-order valence-electron chi connectivity index (χ3n) is 6.30. The van der Waals surface area contributed by atoms with E-state index < -0.39 is 10.0 Å². The third kappa shape index (κ3) is 3.59. The maximum Gasteiger partial charge on any atom is 0.262 e. The molecular formula is C21H28N4O3S. The molecule has 0 saturated carbocycles. The average molecular weight is 417 g/mol. The van der Waals surface area contributed by atoms with Gasteiger partial charge in [-0.05, 0) is 43.7 Å². The Kier molecular flexibility index (Phi) is 5.25. The van der Waals surface area contributed by atoms with Gasteiger partial charge in [0.25, 0.3) is 10.0 Å². The van der Waals surface area contributed by atoms with Crippen molar-refractivity contribution in [3.8, 4) is 0 Å². The Hall–Kier alpha value is -2.19. The number of anilines is 1. The lowest BCUT2D eigenvalue weighted by atomic mass is 9.89. The Morgan fingerprint density at radius 3 is 2.45 bits per heavy atom. The van der Waals surface area contributed by atoms with E-state index in [1.54, 1.807) is 24.7 Å². The molecule has 1 amide bonds. The molecule has 8 heteroatoms. The van der Waals surface area contributed by atoms with Gasteiger partial charge in [0, 0.05) is 44.5 Å². The molecule has 0 bridgehead atoms. The van der Waals surface area contributed by atoms with Gasteiger partial charge in [0.1, 0.15) is 5.82 Å². The SMILES string of the molecule is Cc1nc(S(=O)(=O)N2CCC(C(=O)N3CCC(C)c4ccccc43)CC2)cn1C. The normalized spacial score (nSPS) is 21.2. The molecule has 1 saturated heterocycles. The van der Waals surface area contributed by atoms with Crippen molar-refractivity contribution in [1.82, 2.24) is 13.9 Å². The monoisotopic (exact) mass is 416 g/mol. The fraction of sp³-hybridized carbons (Fsp3) is 0.524. The number of hydrogen-bond acceptors (Lipinski definition) is 4. The second-order valence-corrected chi connectivity index (χ2v) is 10.0. The van der Waals surface area contributed by atoms with Crippen LogP contribution in [0, 0.1) is 12.8 Å². The number of para-hydroxylation sites is 1. The molecule has 0 spiro atoms. The number of imidazole rings is 1. The molecule has 1 atom stereocenters. The minimum atomic E-state index is -3.62. The number of aromatic nitrogens is 2. The first-order valence-corrected chi connectivity index (χ1v) is 11.6. The van der Waals surface area contributed by atoms with Gasteiger partial charge in [-0.3, -0.25) is 4.79 Å². The van der Waals surface area contributed by atoms with Crippen molar-refractivity contribution in [3.05, 3.63) is 41.9 Å². The topological polar surface area (TPSA) is 75.5 Å². The zero-order valence-electron chi connectivity index (χ0n) is 17.2. The number of nitrogens with zero attached hydrogens (tertiary/aromatic N) is 4. The van der Waals surface area contributed by atoms with Crippen LogP contribution in [-0.4, -0.2) is 47.8 Å². The number of carbonyl (C=O) groups excluding carboxylic acids is 1. The van der Waals surface area contributed by atoms with Gasteiger partial charge in [0.2, 0.25) is 5.91 Å². The van der Waals surface area contributed by atoms with Crippen molar-refractivity contribution < 1.29 is 13.2 Å². The number of rotatable bonds is 3.